The summed E-state index contributed by atoms with van der Waals surface area (Å²) in [4.78, 5) is 38.0. The Labute approximate surface area is 210 Å². The van der Waals surface area contributed by atoms with Crippen molar-refractivity contribution in [2.24, 2.45) is 0 Å². The minimum absolute atomic E-state index is 0.102. The molecule has 0 aromatic carbocycles. The highest BCUT2D eigenvalue weighted by molar-refractivity contribution is 7.99. The highest BCUT2D eigenvalue weighted by atomic mass is 35.5. The molecule has 186 valence electrons. The van der Waals surface area contributed by atoms with E-state index in [2.05, 4.69) is 15.2 Å². The van der Waals surface area contributed by atoms with E-state index in [-0.39, 0.29) is 16.8 Å². The van der Waals surface area contributed by atoms with Crippen molar-refractivity contribution in [1.82, 2.24) is 30.0 Å². The summed E-state index contributed by atoms with van der Waals surface area (Å²) in [6.45, 7) is 3.87. The Bertz CT molecular complexity index is 1300. The molecule has 2 aliphatic heterocycles. The van der Waals surface area contributed by atoms with Crippen molar-refractivity contribution in [3.8, 4) is 0 Å². The second kappa shape index (κ2) is 9.67. The highest BCUT2D eigenvalue weighted by Crippen LogP contribution is 2.37. The smallest absolute Gasteiger partial charge is 0.405 e. The van der Waals surface area contributed by atoms with Crippen molar-refractivity contribution < 1.29 is 14.6 Å². The molecule has 1 atom stereocenters. The topological polar surface area (TPSA) is 138 Å². The van der Waals surface area contributed by atoms with Gasteiger partial charge in [0.05, 0.1) is 6.20 Å². The van der Waals surface area contributed by atoms with Crippen LogP contribution in [0.2, 0.25) is 5.02 Å². The van der Waals surface area contributed by atoms with Crippen LogP contribution < -0.4 is 15.8 Å². The van der Waals surface area contributed by atoms with Gasteiger partial charge in [0.15, 0.2) is 16.9 Å². The molecule has 0 radical (unpaired) electrons. The van der Waals surface area contributed by atoms with E-state index >= 15 is 0 Å². The van der Waals surface area contributed by atoms with Gasteiger partial charge in [0, 0.05) is 36.3 Å². The maximum absolute atomic E-state index is 12.0. The molecule has 5 heterocycles. The van der Waals surface area contributed by atoms with Crippen molar-refractivity contribution in [2.75, 3.05) is 24.6 Å². The fraction of sp³-hybridized carbons (Fsp3) is 0.500. The van der Waals surface area contributed by atoms with Gasteiger partial charge < -0.3 is 25.0 Å². The van der Waals surface area contributed by atoms with Gasteiger partial charge in [-0.1, -0.05) is 23.4 Å². The van der Waals surface area contributed by atoms with E-state index in [0.717, 1.165) is 19.3 Å². The number of rotatable bonds is 5. The lowest BCUT2D eigenvalue weighted by Crippen LogP contribution is -2.53. The normalized spacial score (nSPS) is 20.2. The van der Waals surface area contributed by atoms with E-state index in [4.69, 9.17) is 36.5 Å². The molecule has 5 rings (SSSR count). The molecule has 13 heteroatoms. The maximum Gasteiger partial charge on any atom is 0.405 e. The number of hydrogen-bond acceptors (Lipinski definition) is 8. The SMILES string of the molecule is CC1(NC(=O)O)CCN(c2cnc3c(Sc4cc[nH]c(=O)c4Cl)nn(C4CCCCO4)c3n2)CC1. The second-order valence-corrected chi connectivity index (χ2v) is 10.4. The lowest BCUT2D eigenvalue weighted by molar-refractivity contribution is -0.0376. The largest absolute Gasteiger partial charge is 0.465 e. The first kappa shape index (κ1) is 23.9. The standard InChI is InChI=1S/C22H26ClN7O4S/c1-22(27-21(32)33)6-9-29(10-7-22)14-12-25-17-18(26-14)30(15-4-2-3-11-34-15)28-20(17)35-13-5-8-24-19(31)16(13)23/h5,8,12,15,27H,2-4,6-7,9-11H2,1H3,(H,24,31)(H,32,33). The number of carbonyl (C=O) groups is 1. The van der Waals surface area contributed by atoms with Crippen molar-refractivity contribution in [3.05, 3.63) is 33.8 Å². The first-order chi connectivity index (χ1) is 16.8. The predicted molar refractivity (Wildman–Crippen MR) is 131 cm³/mol. The zero-order chi connectivity index (χ0) is 24.6. The minimum atomic E-state index is -1.01. The van der Waals surface area contributed by atoms with E-state index in [1.54, 1.807) is 23.1 Å². The number of pyridine rings is 1. The van der Waals surface area contributed by atoms with Gasteiger partial charge in [-0.05, 0) is 45.1 Å². The van der Waals surface area contributed by atoms with Gasteiger partial charge in [0.2, 0.25) is 0 Å². The summed E-state index contributed by atoms with van der Waals surface area (Å²) < 4.78 is 7.78. The summed E-state index contributed by atoms with van der Waals surface area (Å²) in [6.07, 6.45) is 6.18. The van der Waals surface area contributed by atoms with Crippen LogP contribution >= 0.6 is 23.4 Å². The number of hydrogen-bond donors (Lipinski definition) is 3. The van der Waals surface area contributed by atoms with Crippen molar-refractivity contribution in [2.45, 2.75) is 60.7 Å². The van der Waals surface area contributed by atoms with Crippen molar-refractivity contribution in [1.29, 1.82) is 0 Å². The van der Waals surface area contributed by atoms with Crippen LogP contribution in [0, 0.1) is 0 Å². The number of fused-ring (bicyclic) bond motifs is 1. The molecule has 3 aromatic rings. The number of H-pyrrole nitrogens is 1. The molecule has 0 aliphatic carbocycles. The van der Waals surface area contributed by atoms with Crippen LogP contribution in [0.5, 0.6) is 0 Å². The van der Waals surface area contributed by atoms with Gasteiger partial charge >= 0.3 is 6.09 Å². The molecule has 3 N–H and O–H groups in total. The maximum atomic E-state index is 12.0. The number of anilines is 1. The molecule has 2 saturated heterocycles. The number of nitrogens with zero attached hydrogens (tertiary/aromatic N) is 5. The number of halogens is 1. The number of piperidine rings is 1. The Morgan fingerprint density at radius 3 is 2.89 bits per heavy atom. The third-order valence-corrected chi connectivity index (χ3v) is 7.97. The first-order valence-corrected chi connectivity index (χ1v) is 12.7. The van der Waals surface area contributed by atoms with Crippen LogP contribution in [0.4, 0.5) is 10.6 Å². The van der Waals surface area contributed by atoms with E-state index in [1.165, 1.54) is 11.8 Å². The Balaban J connectivity index is 1.48. The summed E-state index contributed by atoms with van der Waals surface area (Å²) in [7, 11) is 0. The van der Waals surface area contributed by atoms with Crippen LogP contribution in [0.3, 0.4) is 0 Å². The average molecular weight is 520 g/mol. The molecule has 0 spiro atoms. The predicted octanol–water partition coefficient (Wildman–Crippen LogP) is 3.64. The fourth-order valence-electron chi connectivity index (χ4n) is 4.45. The molecule has 3 aromatic heterocycles. The number of aromatic nitrogens is 5. The van der Waals surface area contributed by atoms with E-state index in [0.29, 0.717) is 59.4 Å². The minimum Gasteiger partial charge on any atom is -0.465 e. The Morgan fingerprint density at radius 2 is 2.17 bits per heavy atom. The zero-order valence-corrected chi connectivity index (χ0v) is 20.7. The van der Waals surface area contributed by atoms with Crippen LogP contribution in [0.15, 0.2) is 33.2 Å². The van der Waals surface area contributed by atoms with Gasteiger partial charge in [-0.15, -0.1) is 0 Å². The van der Waals surface area contributed by atoms with Gasteiger partial charge in [0.1, 0.15) is 16.4 Å². The fourth-order valence-corrected chi connectivity index (χ4v) is 5.58. The number of nitrogens with one attached hydrogen (secondary N) is 2. The van der Waals surface area contributed by atoms with Gasteiger partial charge in [-0.3, -0.25) is 4.79 Å². The first-order valence-electron chi connectivity index (χ1n) is 11.5. The molecule has 0 bridgehead atoms. The van der Waals surface area contributed by atoms with Crippen molar-refractivity contribution in [3.63, 3.8) is 0 Å². The van der Waals surface area contributed by atoms with Crippen LogP contribution in [-0.4, -0.2) is 61.2 Å². The number of ether oxygens (including phenoxy) is 1. The van der Waals surface area contributed by atoms with Crippen LogP contribution in [0.1, 0.15) is 45.3 Å². The number of carboxylic acid groups (broad SMARTS) is 1. The summed E-state index contributed by atoms with van der Waals surface area (Å²) >= 11 is 7.49. The third kappa shape index (κ3) is 4.95. The number of aromatic amines is 1. The molecule has 1 amide bonds. The van der Waals surface area contributed by atoms with Crippen LogP contribution in [-0.2, 0) is 4.74 Å². The van der Waals surface area contributed by atoms with E-state index in [9.17, 15) is 9.59 Å². The summed E-state index contributed by atoms with van der Waals surface area (Å²) in [5, 5.41) is 17.2. The summed E-state index contributed by atoms with van der Waals surface area (Å²) in [6, 6.07) is 1.73. The molecular weight excluding hydrogens is 494 g/mol. The highest BCUT2D eigenvalue weighted by Gasteiger charge is 2.32. The van der Waals surface area contributed by atoms with E-state index < -0.39 is 11.6 Å². The molecule has 11 nitrogen and oxygen atoms in total. The molecule has 0 saturated carbocycles. The third-order valence-electron chi connectivity index (χ3n) is 6.46. The van der Waals surface area contributed by atoms with Gasteiger partial charge in [-0.25, -0.2) is 19.4 Å². The monoisotopic (exact) mass is 519 g/mol. The van der Waals surface area contributed by atoms with Crippen LogP contribution in [0.25, 0.3) is 11.2 Å². The van der Waals surface area contributed by atoms with Gasteiger partial charge in [0.25, 0.3) is 5.56 Å². The number of amides is 1. The second-order valence-electron chi connectivity index (χ2n) is 9.04. The lowest BCUT2D eigenvalue weighted by Gasteiger charge is -2.39. The molecule has 35 heavy (non-hydrogen) atoms. The summed E-state index contributed by atoms with van der Waals surface area (Å²) in [5.41, 5.74) is 0.390. The van der Waals surface area contributed by atoms with Gasteiger partial charge in [-0.2, -0.15) is 5.10 Å². The zero-order valence-electron chi connectivity index (χ0n) is 19.2. The van der Waals surface area contributed by atoms with Crippen molar-refractivity contribution >= 4 is 46.4 Å². The molecule has 2 aliphatic rings. The summed E-state index contributed by atoms with van der Waals surface area (Å²) in [5.74, 6) is 0.706. The van der Waals surface area contributed by atoms with E-state index in [1.807, 2.05) is 6.92 Å². The molecule has 2 fully saturated rings. The lowest BCUT2D eigenvalue weighted by atomic mass is 9.90. The Morgan fingerprint density at radius 1 is 1.37 bits per heavy atom. The average Bonchev–Trinajstić information content (AvgIpc) is 3.20. The molecule has 1 unspecified atom stereocenters. The Hall–Kier alpha value is -2.83. The quantitative estimate of drug-likeness (QED) is 0.461. The Kier molecular flexibility index (Phi) is 6.60. The molecular formula is C22H26ClN7O4S.